The molecule has 0 spiro atoms. The summed E-state index contributed by atoms with van der Waals surface area (Å²) in [6.07, 6.45) is 2.79. The number of para-hydroxylation sites is 1. The van der Waals surface area contributed by atoms with Crippen molar-refractivity contribution >= 4 is 17.3 Å². The summed E-state index contributed by atoms with van der Waals surface area (Å²) in [5.74, 6) is 1.41. The third-order valence-corrected chi connectivity index (χ3v) is 3.53. The molecule has 0 saturated carbocycles. The molecule has 0 bridgehead atoms. The molecule has 2 heterocycles. The van der Waals surface area contributed by atoms with E-state index in [1.807, 2.05) is 18.2 Å². The van der Waals surface area contributed by atoms with E-state index in [0.717, 1.165) is 30.9 Å². The molecule has 0 radical (unpaired) electrons. The molecule has 17 heavy (non-hydrogen) atoms. The van der Waals surface area contributed by atoms with Crippen molar-refractivity contribution in [3.8, 4) is 0 Å². The molecular formula is C14H16N2O. The third kappa shape index (κ3) is 1.75. The Morgan fingerprint density at radius 3 is 3.12 bits per heavy atom. The van der Waals surface area contributed by atoms with Crippen molar-refractivity contribution in [1.82, 2.24) is 4.90 Å². The monoisotopic (exact) mass is 228 g/mol. The van der Waals surface area contributed by atoms with Crippen molar-refractivity contribution in [2.24, 2.45) is 4.99 Å². The van der Waals surface area contributed by atoms with Gasteiger partial charge in [-0.1, -0.05) is 18.2 Å². The molecule has 1 unspecified atom stereocenters. The van der Waals surface area contributed by atoms with E-state index in [1.165, 1.54) is 5.56 Å². The lowest BCUT2D eigenvalue weighted by atomic mass is 9.97. The van der Waals surface area contributed by atoms with Gasteiger partial charge in [0.15, 0.2) is 0 Å². The number of carbonyl (C=O) groups is 1. The van der Waals surface area contributed by atoms with E-state index in [0.29, 0.717) is 6.42 Å². The molecule has 1 fully saturated rings. The van der Waals surface area contributed by atoms with Gasteiger partial charge in [-0.05, 0) is 19.4 Å². The van der Waals surface area contributed by atoms with E-state index < -0.39 is 0 Å². The first-order valence-electron chi connectivity index (χ1n) is 6.18. The first-order chi connectivity index (χ1) is 8.25. The Bertz CT molecular complexity index is 493. The molecule has 3 nitrogen and oxygen atoms in total. The molecule has 0 N–H and O–H groups in total. The molecule has 1 aromatic rings. The minimum absolute atomic E-state index is 0.207. The van der Waals surface area contributed by atoms with Crippen LogP contribution in [0, 0.1) is 0 Å². The highest BCUT2D eigenvalue weighted by atomic mass is 16.1. The summed E-state index contributed by atoms with van der Waals surface area (Å²) in [6, 6.07) is 8.40. The van der Waals surface area contributed by atoms with Crippen LogP contribution in [-0.4, -0.2) is 23.1 Å². The number of hydrogen-bond acceptors (Lipinski definition) is 3. The predicted molar refractivity (Wildman–Crippen MR) is 67.5 cm³/mol. The van der Waals surface area contributed by atoms with E-state index in [2.05, 4.69) is 11.0 Å². The number of benzene rings is 1. The van der Waals surface area contributed by atoms with Crippen LogP contribution in [0.3, 0.4) is 0 Å². The van der Waals surface area contributed by atoms with Gasteiger partial charge in [-0.3, -0.25) is 4.79 Å². The van der Waals surface area contributed by atoms with Crippen molar-refractivity contribution in [3.63, 3.8) is 0 Å². The number of aliphatic imine (C=N–C) groups is 1. The fraction of sp³-hybridized carbons (Fsp3) is 0.429. The number of hydrogen-bond donors (Lipinski definition) is 0. The highest BCUT2D eigenvalue weighted by Crippen LogP contribution is 2.39. The number of rotatable bonds is 2. The summed E-state index contributed by atoms with van der Waals surface area (Å²) in [5, 5.41) is 0. The van der Waals surface area contributed by atoms with Gasteiger partial charge >= 0.3 is 0 Å². The zero-order valence-electron chi connectivity index (χ0n) is 10.0. The van der Waals surface area contributed by atoms with E-state index >= 15 is 0 Å². The van der Waals surface area contributed by atoms with Crippen LogP contribution in [0.1, 0.15) is 37.8 Å². The van der Waals surface area contributed by atoms with Crippen LogP contribution < -0.4 is 0 Å². The molecule has 1 atom stereocenters. The largest absolute Gasteiger partial charge is 0.352 e. The minimum atomic E-state index is 0.207. The topological polar surface area (TPSA) is 32.7 Å². The van der Waals surface area contributed by atoms with Gasteiger partial charge in [0.25, 0.3) is 0 Å². The summed E-state index contributed by atoms with van der Waals surface area (Å²) in [7, 11) is 0. The Labute approximate surface area is 101 Å². The Kier molecular flexibility index (Phi) is 2.46. The van der Waals surface area contributed by atoms with Gasteiger partial charge in [-0.15, -0.1) is 0 Å². The molecule has 1 aromatic carbocycles. The number of Topliss-reactive ketones (excluding diaryl/α,β-unsaturated/α-hetero) is 1. The van der Waals surface area contributed by atoms with Crippen LogP contribution in [0.25, 0.3) is 0 Å². The molecule has 3 rings (SSSR count). The Morgan fingerprint density at radius 1 is 1.47 bits per heavy atom. The van der Waals surface area contributed by atoms with E-state index in [9.17, 15) is 4.79 Å². The highest BCUT2D eigenvalue weighted by molar-refractivity contribution is 5.90. The molecule has 3 heteroatoms. The van der Waals surface area contributed by atoms with Crippen LogP contribution in [0.5, 0.6) is 0 Å². The van der Waals surface area contributed by atoms with Gasteiger partial charge in [0.2, 0.25) is 0 Å². The lowest BCUT2D eigenvalue weighted by Crippen LogP contribution is -2.33. The smallest absolute Gasteiger partial charge is 0.132 e. The average Bonchev–Trinajstić information content (AvgIpc) is 2.76. The standard InChI is InChI=1S/C14H16N2O/c1-10(17)9-13-11-5-2-3-6-12(11)15-14-7-4-8-16(13)14/h2-3,5-6,13H,4,7-9H2,1H3. The first kappa shape index (κ1) is 10.5. The zero-order chi connectivity index (χ0) is 11.8. The Morgan fingerprint density at radius 2 is 2.29 bits per heavy atom. The normalized spacial score (nSPS) is 21.8. The van der Waals surface area contributed by atoms with Gasteiger partial charge in [0, 0.05) is 24.9 Å². The summed E-state index contributed by atoms with van der Waals surface area (Å²) in [4.78, 5) is 18.4. The second-order valence-electron chi connectivity index (χ2n) is 4.81. The number of amidine groups is 1. The average molecular weight is 228 g/mol. The minimum Gasteiger partial charge on any atom is -0.352 e. The fourth-order valence-electron chi connectivity index (χ4n) is 2.81. The molecule has 88 valence electrons. The number of fused-ring (bicyclic) bond motifs is 2. The summed E-state index contributed by atoms with van der Waals surface area (Å²) in [5.41, 5.74) is 2.25. The molecule has 1 saturated heterocycles. The second-order valence-corrected chi connectivity index (χ2v) is 4.81. The van der Waals surface area contributed by atoms with Crippen molar-refractivity contribution in [1.29, 1.82) is 0 Å². The second kappa shape index (κ2) is 3.99. The molecule has 0 aromatic heterocycles. The summed E-state index contributed by atoms with van der Waals surface area (Å²) in [6.45, 7) is 2.70. The maximum absolute atomic E-state index is 11.4. The van der Waals surface area contributed by atoms with Gasteiger partial charge in [0.05, 0.1) is 11.7 Å². The molecule has 2 aliphatic heterocycles. The van der Waals surface area contributed by atoms with Crippen LogP contribution in [-0.2, 0) is 4.79 Å². The molecule has 0 aliphatic carbocycles. The first-order valence-corrected chi connectivity index (χ1v) is 6.18. The number of ketones is 1. The van der Waals surface area contributed by atoms with Gasteiger partial charge in [-0.2, -0.15) is 0 Å². The van der Waals surface area contributed by atoms with Gasteiger partial charge in [0.1, 0.15) is 11.6 Å². The van der Waals surface area contributed by atoms with Crippen molar-refractivity contribution in [2.45, 2.75) is 32.2 Å². The van der Waals surface area contributed by atoms with Crippen LogP contribution >= 0.6 is 0 Å². The van der Waals surface area contributed by atoms with Gasteiger partial charge < -0.3 is 4.90 Å². The van der Waals surface area contributed by atoms with E-state index in [1.54, 1.807) is 6.92 Å². The predicted octanol–water partition coefficient (Wildman–Crippen LogP) is 2.85. The van der Waals surface area contributed by atoms with Crippen molar-refractivity contribution in [3.05, 3.63) is 29.8 Å². The van der Waals surface area contributed by atoms with E-state index in [-0.39, 0.29) is 11.8 Å². The molecule has 2 aliphatic rings. The van der Waals surface area contributed by atoms with E-state index in [4.69, 9.17) is 4.99 Å². The number of nitrogens with zero attached hydrogens (tertiary/aromatic N) is 2. The van der Waals surface area contributed by atoms with Crippen molar-refractivity contribution in [2.75, 3.05) is 6.54 Å². The highest BCUT2D eigenvalue weighted by Gasteiger charge is 2.32. The molecular weight excluding hydrogens is 212 g/mol. The van der Waals surface area contributed by atoms with Gasteiger partial charge in [-0.25, -0.2) is 4.99 Å². The SMILES string of the molecule is CC(=O)CC1c2ccccc2N=C2CCCN21. The maximum atomic E-state index is 11.4. The molecule has 0 amide bonds. The maximum Gasteiger partial charge on any atom is 0.132 e. The summed E-state index contributed by atoms with van der Waals surface area (Å²) < 4.78 is 0. The number of carbonyl (C=O) groups excluding carboxylic acids is 1. The third-order valence-electron chi connectivity index (χ3n) is 3.53. The van der Waals surface area contributed by atoms with Crippen molar-refractivity contribution < 1.29 is 4.79 Å². The van der Waals surface area contributed by atoms with Crippen LogP contribution in [0.15, 0.2) is 29.3 Å². The van der Waals surface area contributed by atoms with Crippen LogP contribution in [0.2, 0.25) is 0 Å². The zero-order valence-corrected chi connectivity index (χ0v) is 10.0. The fourth-order valence-corrected chi connectivity index (χ4v) is 2.81. The summed E-state index contributed by atoms with van der Waals surface area (Å²) >= 11 is 0. The Balaban J connectivity index is 2.06. The quantitative estimate of drug-likeness (QED) is 0.779. The van der Waals surface area contributed by atoms with Crippen LogP contribution in [0.4, 0.5) is 5.69 Å². The Hall–Kier alpha value is -1.64. The lowest BCUT2D eigenvalue weighted by Gasteiger charge is -2.34. The lowest BCUT2D eigenvalue weighted by molar-refractivity contribution is -0.117.